The maximum absolute atomic E-state index is 12.1. The number of nitrogens with zero attached hydrogens (tertiary/aromatic N) is 2. The van der Waals surface area contributed by atoms with Crippen molar-refractivity contribution >= 4 is 17.4 Å². The first-order chi connectivity index (χ1) is 17.0. The summed E-state index contributed by atoms with van der Waals surface area (Å²) in [5, 5.41) is 15.9. The van der Waals surface area contributed by atoms with Gasteiger partial charge in [-0.3, -0.25) is 0 Å². The van der Waals surface area contributed by atoms with Gasteiger partial charge in [-0.1, -0.05) is 18.2 Å². The van der Waals surface area contributed by atoms with Gasteiger partial charge in [0.15, 0.2) is 6.29 Å². The summed E-state index contributed by atoms with van der Waals surface area (Å²) >= 11 is 0. The van der Waals surface area contributed by atoms with Crippen LogP contribution in [0, 0.1) is 11.3 Å². The van der Waals surface area contributed by atoms with E-state index in [1.54, 1.807) is 0 Å². The van der Waals surface area contributed by atoms with Crippen LogP contribution in [0.25, 0.3) is 0 Å². The van der Waals surface area contributed by atoms with Gasteiger partial charge in [0, 0.05) is 29.5 Å². The minimum absolute atomic E-state index is 0.0609. The van der Waals surface area contributed by atoms with E-state index in [2.05, 4.69) is 27.7 Å². The Morgan fingerprint density at radius 2 is 1.91 bits per heavy atom. The largest absolute Gasteiger partial charge is 0.488 e. The summed E-state index contributed by atoms with van der Waals surface area (Å²) in [6.07, 6.45) is 3.08. The molecule has 2 fully saturated rings. The smallest absolute Gasteiger partial charge is 0.319 e. The zero-order valence-corrected chi connectivity index (χ0v) is 20.2. The van der Waals surface area contributed by atoms with E-state index in [4.69, 9.17) is 14.2 Å². The van der Waals surface area contributed by atoms with Crippen molar-refractivity contribution < 1.29 is 19.0 Å². The quantitative estimate of drug-likeness (QED) is 0.602. The molecule has 1 saturated carbocycles. The molecule has 2 unspecified atom stereocenters. The Morgan fingerprint density at radius 1 is 1.17 bits per heavy atom. The van der Waals surface area contributed by atoms with Crippen LogP contribution in [0.3, 0.4) is 0 Å². The average Bonchev–Trinajstić information content (AvgIpc) is 3.43. The first-order valence-electron chi connectivity index (χ1n) is 12.4. The molecule has 2 atom stereocenters. The zero-order chi connectivity index (χ0) is 24.4. The molecule has 8 nitrogen and oxygen atoms in total. The van der Waals surface area contributed by atoms with E-state index in [0.29, 0.717) is 25.9 Å². The summed E-state index contributed by atoms with van der Waals surface area (Å²) in [7, 11) is 0. The van der Waals surface area contributed by atoms with Crippen LogP contribution in [0.4, 0.5) is 16.2 Å². The van der Waals surface area contributed by atoms with Gasteiger partial charge in [-0.15, -0.1) is 0 Å². The minimum atomic E-state index is -0.333. The van der Waals surface area contributed by atoms with Gasteiger partial charge < -0.3 is 29.7 Å². The molecule has 5 rings (SSSR count). The lowest BCUT2D eigenvalue weighted by Crippen LogP contribution is -2.41. The zero-order valence-electron chi connectivity index (χ0n) is 20.2. The number of ether oxygens (including phenoxy) is 3. The normalized spacial score (nSPS) is 21.9. The molecule has 2 heterocycles. The second kappa shape index (κ2) is 10.1. The van der Waals surface area contributed by atoms with Gasteiger partial charge in [0.05, 0.1) is 31.2 Å². The van der Waals surface area contributed by atoms with Crippen molar-refractivity contribution in [2.24, 2.45) is 0 Å². The fourth-order valence-corrected chi connectivity index (χ4v) is 5.02. The van der Waals surface area contributed by atoms with E-state index in [9.17, 15) is 10.1 Å². The number of nitrogens with one attached hydrogen (secondary N) is 2. The Balaban J connectivity index is 1.39. The molecule has 2 amide bonds. The Hall–Kier alpha value is -3.28. The average molecular weight is 477 g/mol. The molecule has 3 aliphatic rings. The molecule has 2 aromatic carbocycles. The SMILES string of the molecule is CC(C)NC(=O)Nc1ccc(C2C(C#N)c3ccc(OCC4OCCO4)cc3N2C2CCC2)cc1. The Bertz CT molecular complexity index is 1090. The van der Waals surface area contributed by atoms with Crippen molar-refractivity contribution in [1.82, 2.24) is 5.32 Å². The third-order valence-electron chi connectivity index (χ3n) is 6.84. The number of carbonyl (C=O) groups excluding carboxylic acids is 1. The highest BCUT2D eigenvalue weighted by Crippen LogP contribution is 2.53. The van der Waals surface area contributed by atoms with E-state index in [-0.39, 0.29) is 30.3 Å². The lowest BCUT2D eigenvalue weighted by molar-refractivity contribution is -0.0684. The second-order valence-electron chi connectivity index (χ2n) is 9.62. The number of nitriles is 1. The maximum atomic E-state index is 12.1. The fraction of sp³-hybridized carbons (Fsp3) is 0.481. The minimum Gasteiger partial charge on any atom is -0.488 e. The third-order valence-corrected chi connectivity index (χ3v) is 6.84. The van der Waals surface area contributed by atoms with Gasteiger partial charge in [-0.25, -0.2) is 4.79 Å². The maximum Gasteiger partial charge on any atom is 0.319 e. The summed E-state index contributed by atoms with van der Waals surface area (Å²) in [5.74, 6) is 0.462. The highest BCUT2D eigenvalue weighted by atomic mass is 16.7. The molecule has 1 aliphatic carbocycles. The molecule has 0 bridgehead atoms. The van der Waals surface area contributed by atoms with E-state index in [0.717, 1.165) is 41.1 Å². The van der Waals surface area contributed by atoms with Crippen LogP contribution in [-0.4, -0.2) is 44.2 Å². The molecule has 0 aromatic heterocycles. The molecule has 1 saturated heterocycles. The van der Waals surface area contributed by atoms with Crippen LogP contribution in [0.1, 0.15) is 56.2 Å². The van der Waals surface area contributed by atoms with Crippen LogP contribution in [0.15, 0.2) is 42.5 Å². The summed E-state index contributed by atoms with van der Waals surface area (Å²) < 4.78 is 16.9. The van der Waals surface area contributed by atoms with Crippen molar-refractivity contribution in [3.8, 4) is 11.8 Å². The van der Waals surface area contributed by atoms with Gasteiger partial charge in [-0.05, 0) is 62.4 Å². The van der Waals surface area contributed by atoms with Gasteiger partial charge >= 0.3 is 6.03 Å². The lowest BCUT2D eigenvalue weighted by atomic mass is 9.87. The van der Waals surface area contributed by atoms with Crippen LogP contribution >= 0.6 is 0 Å². The predicted molar refractivity (Wildman–Crippen MR) is 133 cm³/mol. The first-order valence-corrected chi connectivity index (χ1v) is 12.4. The molecule has 184 valence electrons. The lowest BCUT2D eigenvalue weighted by Gasteiger charge is -2.41. The Morgan fingerprint density at radius 3 is 2.54 bits per heavy atom. The van der Waals surface area contributed by atoms with Gasteiger partial charge in [-0.2, -0.15) is 5.26 Å². The molecule has 2 aliphatic heterocycles. The number of carbonyl (C=O) groups is 1. The number of hydrogen-bond donors (Lipinski definition) is 2. The molecular formula is C27H32N4O4. The number of hydrogen-bond acceptors (Lipinski definition) is 6. The third kappa shape index (κ3) is 4.93. The summed E-state index contributed by atoms with van der Waals surface area (Å²) in [4.78, 5) is 14.5. The van der Waals surface area contributed by atoms with Crippen LogP contribution in [0.2, 0.25) is 0 Å². The van der Waals surface area contributed by atoms with Gasteiger partial charge in [0.25, 0.3) is 0 Å². The predicted octanol–water partition coefficient (Wildman–Crippen LogP) is 4.69. The van der Waals surface area contributed by atoms with Crippen molar-refractivity contribution in [3.63, 3.8) is 0 Å². The summed E-state index contributed by atoms with van der Waals surface area (Å²) in [6, 6.07) is 16.6. The second-order valence-corrected chi connectivity index (χ2v) is 9.62. The number of fused-ring (bicyclic) bond motifs is 1. The molecule has 0 spiro atoms. The number of benzene rings is 2. The van der Waals surface area contributed by atoms with E-state index in [1.807, 2.05) is 50.2 Å². The van der Waals surface area contributed by atoms with Crippen molar-refractivity contribution in [1.29, 1.82) is 5.26 Å². The number of rotatable bonds is 7. The van der Waals surface area contributed by atoms with Crippen molar-refractivity contribution in [3.05, 3.63) is 53.6 Å². The summed E-state index contributed by atoms with van der Waals surface area (Å²) in [6.45, 7) is 5.37. The van der Waals surface area contributed by atoms with E-state index >= 15 is 0 Å². The molecule has 0 radical (unpaired) electrons. The van der Waals surface area contributed by atoms with Crippen LogP contribution < -0.4 is 20.3 Å². The Labute approximate surface area is 206 Å². The standard InChI is InChI=1S/C27H32N4O4/c1-17(2)29-27(32)30-19-8-6-18(7-9-19)26-23(15-28)22-11-10-21(35-16-25-33-12-13-34-25)14-24(22)31(26)20-4-3-5-20/h6-11,14,17,20,23,25-26H,3-5,12-13,16H2,1-2H3,(H2,29,30,32). The number of anilines is 2. The fourth-order valence-electron chi connectivity index (χ4n) is 5.02. The van der Waals surface area contributed by atoms with Crippen molar-refractivity contribution in [2.75, 3.05) is 30.0 Å². The van der Waals surface area contributed by atoms with Gasteiger partial charge in [0.1, 0.15) is 12.4 Å². The summed E-state index contributed by atoms with van der Waals surface area (Å²) in [5.41, 5.74) is 3.88. The monoisotopic (exact) mass is 476 g/mol. The van der Waals surface area contributed by atoms with Crippen molar-refractivity contribution in [2.45, 2.75) is 63.4 Å². The Kier molecular flexibility index (Phi) is 6.80. The van der Waals surface area contributed by atoms with E-state index < -0.39 is 0 Å². The molecule has 2 aromatic rings. The first kappa shape index (κ1) is 23.5. The van der Waals surface area contributed by atoms with Crippen LogP contribution in [-0.2, 0) is 9.47 Å². The molecule has 2 N–H and O–H groups in total. The van der Waals surface area contributed by atoms with E-state index in [1.165, 1.54) is 6.42 Å². The van der Waals surface area contributed by atoms with Gasteiger partial charge in [0.2, 0.25) is 0 Å². The topological polar surface area (TPSA) is 95.9 Å². The molecular weight excluding hydrogens is 444 g/mol. The number of urea groups is 1. The van der Waals surface area contributed by atoms with Crippen LogP contribution in [0.5, 0.6) is 5.75 Å². The highest BCUT2D eigenvalue weighted by molar-refractivity contribution is 5.89. The highest BCUT2D eigenvalue weighted by Gasteiger charge is 2.44. The number of amides is 2. The molecule has 35 heavy (non-hydrogen) atoms. The molecule has 8 heteroatoms.